The fraction of sp³-hybridized carbons (Fsp3) is 0.158. The highest BCUT2D eigenvalue weighted by molar-refractivity contribution is 9.10. The minimum absolute atomic E-state index is 0.162. The molecule has 0 saturated heterocycles. The molecule has 2 aromatic rings. The second kappa shape index (κ2) is 7.37. The van der Waals surface area contributed by atoms with Crippen LogP contribution in [0.3, 0.4) is 0 Å². The molecule has 1 aliphatic heterocycles. The van der Waals surface area contributed by atoms with E-state index in [0.29, 0.717) is 10.7 Å². The van der Waals surface area contributed by atoms with Crippen molar-refractivity contribution in [3.8, 4) is 0 Å². The van der Waals surface area contributed by atoms with Crippen molar-refractivity contribution in [1.29, 1.82) is 0 Å². The number of thiocarbonyl (C=S) groups is 1. The van der Waals surface area contributed by atoms with Crippen LogP contribution in [0.2, 0.25) is 0 Å². The standard InChI is InChI=1S/C19H18BrN3OS/c1-11-7-9-13(10-8-11)22-18(24)16-12(2)21-19(25)23-17(16)14-5-3-4-6-15(14)20/h3-10,17H,1-2H3,(H,22,24)(H2,21,23,25)/t17-/m0/s1. The lowest BCUT2D eigenvalue weighted by molar-refractivity contribution is -0.113. The van der Waals surface area contributed by atoms with Crippen molar-refractivity contribution in [2.75, 3.05) is 5.32 Å². The first-order chi connectivity index (χ1) is 12.0. The Morgan fingerprint density at radius 3 is 2.48 bits per heavy atom. The number of anilines is 1. The fourth-order valence-electron chi connectivity index (χ4n) is 2.77. The maximum atomic E-state index is 13.0. The van der Waals surface area contributed by atoms with Gasteiger partial charge >= 0.3 is 0 Å². The van der Waals surface area contributed by atoms with Gasteiger partial charge in [-0.3, -0.25) is 4.79 Å². The van der Waals surface area contributed by atoms with Gasteiger partial charge in [0.1, 0.15) is 0 Å². The number of amides is 1. The highest BCUT2D eigenvalue weighted by Gasteiger charge is 2.30. The number of carbonyl (C=O) groups excluding carboxylic acids is 1. The van der Waals surface area contributed by atoms with E-state index in [1.54, 1.807) is 0 Å². The molecular formula is C19H18BrN3OS. The van der Waals surface area contributed by atoms with Crippen LogP contribution in [0.1, 0.15) is 24.1 Å². The van der Waals surface area contributed by atoms with Crippen molar-refractivity contribution >= 4 is 44.9 Å². The molecule has 0 saturated carbocycles. The van der Waals surface area contributed by atoms with E-state index in [1.165, 1.54) is 0 Å². The average molecular weight is 416 g/mol. The van der Waals surface area contributed by atoms with Gasteiger partial charge in [0.2, 0.25) is 0 Å². The molecule has 1 aliphatic rings. The van der Waals surface area contributed by atoms with Crippen molar-refractivity contribution in [2.24, 2.45) is 0 Å². The van der Waals surface area contributed by atoms with Gasteiger partial charge in [-0.15, -0.1) is 0 Å². The Kier molecular flexibility index (Phi) is 5.20. The molecule has 3 N–H and O–H groups in total. The van der Waals surface area contributed by atoms with Gasteiger partial charge in [-0.25, -0.2) is 0 Å². The molecule has 0 aromatic heterocycles. The fourth-order valence-corrected chi connectivity index (χ4v) is 3.56. The Bertz CT molecular complexity index is 861. The molecule has 0 bridgehead atoms. The first-order valence-electron chi connectivity index (χ1n) is 7.86. The predicted octanol–water partition coefficient (Wildman–Crippen LogP) is 4.19. The van der Waals surface area contributed by atoms with Crippen LogP contribution in [-0.2, 0) is 4.79 Å². The van der Waals surface area contributed by atoms with E-state index in [4.69, 9.17) is 12.2 Å². The van der Waals surface area contributed by atoms with E-state index < -0.39 is 0 Å². The molecule has 0 aliphatic carbocycles. The maximum Gasteiger partial charge on any atom is 0.255 e. The number of carbonyl (C=O) groups is 1. The van der Waals surface area contributed by atoms with E-state index in [2.05, 4.69) is 31.9 Å². The molecule has 1 atom stereocenters. The van der Waals surface area contributed by atoms with Crippen molar-refractivity contribution in [1.82, 2.24) is 10.6 Å². The lowest BCUT2D eigenvalue weighted by Crippen LogP contribution is -2.45. The third kappa shape index (κ3) is 3.91. The van der Waals surface area contributed by atoms with Gasteiger partial charge in [-0.05, 0) is 49.8 Å². The van der Waals surface area contributed by atoms with Gasteiger partial charge in [0, 0.05) is 15.9 Å². The molecule has 0 radical (unpaired) electrons. The Hall–Kier alpha value is -2.18. The van der Waals surface area contributed by atoms with E-state index in [-0.39, 0.29) is 11.9 Å². The third-order valence-electron chi connectivity index (χ3n) is 4.04. The molecule has 1 heterocycles. The number of halogens is 1. The summed E-state index contributed by atoms with van der Waals surface area (Å²) in [5.41, 5.74) is 4.22. The monoisotopic (exact) mass is 415 g/mol. The van der Waals surface area contributed by atoms with E-state index in [0.717, 1.165) is 27.0 Å². The van der Waals surface area contributed by atoms with Crippen molar-refractivity contribution in [3.63, 3.8) is 0 Å². The third-order valence-corrected chi connectivity index (χ3v) is 4.98. The van der Waals surface area contributed by atoms with Crippen molar-refractivity contribution in [2.45, 2.75) is 19.9 Å². The number of hydrogen-bond acceptors (Lipinski definition) is 2. The molecule has 128 valence electrons. The average Bonchev–Trinajstić information content (AvgIpc) is 2.56. The molecule has 25 heavy (non-hydrogen) atoms. The summed E-state index contributed by atoms with van der Waals surface area (Å²) in [6, 6.07) is 15.2. The second-order valence-corrected chi connectivity index (χ2v) is 7.17. The number of benzene rings is 2. The van der Waals surface area contributed by atoms with E-state index in [9.17, 15) is 4.79 Å². The highest BCUT2D eigenvalue weighted by Crippen LogP contribution is 2.32. The molecule has 6 heteroatoms. The van der Waals surface area contributed by atoms with E-state index >= 15 is 0 Å². The first-order valence-corrected chi connectivity index (χ1v) is 9.06. The zero-order valence-corrected chi connectivity index (χ0v) is 16.3. The zero-order chi connectivity index (χ0) is 18.0. The van der Waals surface area contributed by atoms with Gasteiger partial charge in [-0.2, -0.15) is 0 Å². The van der Waals surface area contributed by atoms with Crippen molar-refractivity contribution in [3.05, 3.63) is 75.4 Å². The van der Waals surface area contributed by atoms with Crippen molar-refractivity contribution < 1.29 is 4.79 Å². The lowest BCUT2D eigenvalue weighted by Gasteiger charge is -2.31. The number of allylic oxidation sites excluding steroid dienone is 1. The number of nitrogens with one attached hydrogen (secondary N) is 3. The minimum Gasteiger partial charge on any atom is -0.351 e. The van der Waals surface area contributed by atoms with Gasteiger partial charge in [-0.1, -0.05) is 51.8 Å². The highest BCUT2D eigenvalue weighted by atomic mass is 79.9. The Morgan fingerprint density at radius 2 is 1.80 bits per heavy atom. The zero-order valence-electron chi connectivity index (χ0n) is 13.9. The molecule has 0 spiro atoms. The van der Waals surface area contributed by atoms with Crippen LogP contribution in [0.25, 0.3) is 0 Å². The molecule has 1 amide bonds. The Morgan fingerprint density at radius 1 is 1.12 bits per heavy atom. The maximum absolute atomic E-state index is 13.0. The predicted molar refractivity (Wildman–Crippen MR) is 108 cm³/mol. The summed E-state index contributed by atoms with van der Waals surface area (Å²) in [6.45, 7) is 3.87. The summed E-state index contributed by atoms with van der Waals surface area (Å²) in [4.78, 5) is 13.0. The molecule has 3 rings (SSSR count). The largest absolute Gasteiger partial charge is 0.351 e. The molecule has 4 nitrogen and oxygen atoms in total. The van der Waals surface area contributed by atoms with Gasteiger partial charge < -0.3 is 16.0 Å². The van der Waals surface area contributed by atoms with E-state index in [1.807, 2.05) is 62.4 Å². The Balaban J connectivity index is 1.96. The SMILES string of the molecule is CC1=C(C(=O)Nc2ccc(C)cc2)[C@H](c2ccccc2Br)NC(=S)N1. The first kappa shape index (κ1) is 17.6. The van der Waals surface area contributed by atoms with Crippen LogP contribution in [0.15, 0.2) is 64.3 Å². The number of aryl methyl sites for hydroxylation is 1. The smallest absolute Gasteiger partial charge is 0.255 e. The summed E-state index contributed by atoms with van der Waals surface area (Å²) < 4.78 is 0.922. The summed E-state index contributed by atoms with van der Waals surface area (Å²) in [5.74, 6) is -0.162. The molecule has 0 unspecified atom stereocenters. The van der Waals surface area contributed by atoms with Gasteiger partial charge in [0.25, 0.3) is 5.91 Å². The molecule has 2 aromatic carbocycles. The Labute approximate surface area is 160 Å². The summed E-state index contributed by atoms with van der Waals surface area (Å²) in [6.07, 6.45) is 0. The minimum atomic E-state index is -0.324. The second-order valence-electron chi connectivity index (χ2n) is 5.91. The van der Waals surface area contributed by atoms with Crippen LogP contribution in [0.5, 0.6) is 0 Å². The van der Waals surface area contributed by atoms with Gasteiger partial charge in [0.05, 0.1) is 11.6 Å². The topological polar surface area (TPSA) is 53.2 Å². The van der Waals surface area contributed by atoms with Crippen LogP contribution in [0.4, 0.5) is 5.69 Å². The number of rotatable bonds is 3. The number of hydrogen-bond donors (Lipinski definition) is 3. The van der Waals surface area contributed by atoms with Crippen LogP contribution < -0.4 is 16.0 Å². The summed E-state index contributed by atoms with van der Waals surface area (Å²) >= 11 is 8.85. The quantitative estimate of drug-likeness (QED) is 0.657. The van der Waals surface area contributed by atoms with Crippen LogP contribution in [0, 0.1) is 6.92 Å². The van der Waals surface area contributed by atoms with Crippen LogP contribution >= 0.6 is 28.1 Å². The lowest BCUT2D eigenvalue weighted by atomic mass is 9.95. The molecular weight excluding hydrogens is 398 g/mol. The van der Waals surface area contributed by atoms with Crippen LogP contribution in [-0.4, -0.2) is 11.0 Å². The van der Waals surface area contributed by atoms with Gasteiger partial charge in [0.15, 0.2) is 5.11 Å². The molecule has 0 fully saturated rings. The summed E-state index contributed by atoms with van der Waals surface area (Å²) in [7, 11) is 0. The normalized spacial score (nSPS) is 16.9. The summed E-state index contributed by atoms with van der Waals surface area (Å²) in [5, 5.41) is 9.72.